The maximum atomic E-state index is 2.66. The van der Waals surface area contributed by atoms with Crippen LogP contribution in [0.2, 0.25) is 0 Å². The quantitative estimate of drug-likeness (QED) is 0.541. The van der Waals surface area contributed by atoms with Crippen LogP contribution in [0.4, 0.5) is 0 Å². The number of hydrogen-bond donors (Lipinski definition) is 0. The second-order valence-electron chi connectivity index (χ2n) is 7.84. The lowest BCUT2D eigenvalue weighted by molar-refractivity contribution is 0.118. The summed E-state index contributed by atoms with van der Waals surface area (Å²) in [4.78, 5) is 10.5. The number of hydrogen-bond acceptors (Lipinski definition) is 4. The summed E-state index contributed by atoms with van der Waals surface area (Å²) in [5, 5.41) is 0. The van der Waals surface area contributed by atoms with Gasteiger partial charge in [-0.1, -0.05) is 13.8 Å². The summed E-state index contributed by atoms with van der Waals surface area (Å²) in [6.07, 6.45) is 2.62. The van der Waals surface area contributed by atoms with E-state index in [1.807, 2.05) is 0 Å². The second-order valence-corrected chi connectivity index (χ2v) is 7.84. The van der Waals surface area contributed by atoms with Crippen LogP contribution in [0.3, 0.4) is 0 Å². The summed E-state index contributed by atoms with van der Waals surface area (Å²) in [5.74, 6) is 0. The fourth-order valence-electron chi connectivity index (χ4n) is 3.79. The van der Waals surface area contributed by atoms with Gasteiger partial charge in [0.05, 0.1) is 0 Å². The molecule has 0 bridgehead atoms. The van der Waals surface area contributed by atoms with Gasteiger partial charge in [0, 0.05) is 38.3 Å². The topological polar surface area (TPSA) is 13.0 Å². The Morgan fingerprint density at radius 1 is 0.667 bits per heavy atom. The molecule has 0 saturated carbocycles. The van der Waals surface area contributed by atoms with Crippen LogP contribution in [0, 0.1) is 0 Å². The van der Waals surface area contributed by atoms with E-state index in [0.29, 0.717) is 12.1 Å². The van der Waals surface area contributed by atoms with Crippen LogP contribution in [0.1, 0.15) is 54.4 Å². The Morgan fingerprint density at radius 2 is 1.00 bits per heavy atom. The molecule has 1 saturated heterocycles. The van der Waals surface area contributed by atoms with Crippen molar-refractivity contribution in [3.05, 3.63) is 0 Å². The average Bonchev–Trinajstić information content (AvgIpc) is 2.56. The van der Waals surface area contributed by atoms with Gasteiger partial charge in [-0.25, -0.2) is 0 Å². The third kappa shape index (κ3) is 8.28. The first kappa shape index (κ1) is 21.9. The van der Waals surface area contributed by atoms with E-state index in [-0.39, 0.29) is 0 Å². The molecule has 0 amide bonds. The summed E-state index contributed by atoms with van der Waals surface area (Å²) < 4.78 is 0. The zero-order valence-electron chi connectivity index (χ0n) is 17.4. The van der Waals surface area contributed by atoms with Crippen LogP contribution in [0.25, 0.3) is 0 Å². The third-order valence-corrected chi connectivity index (χ3v) is 5.58. The first-order valence-electron chi connectivity index (χ1n) is 10.4. The SMILES string of the molecule is CCN(CCCN1CCN(CCCN(CC)C(C)C)CC1)C(C)C. The summed E-state index contributed by atoms with van der Waals surface area (Å²) in [6.45, 7) is 26.2. The first-order valence-corrected chi connectivity index (χ1v) is 10.4. The van der Waals surface area contributed by atoms with Gasteiger partial charge in [0.1, 0.15) is 0 Å². The van der Waals surface area contributed by atoms with Gasteiger partial charge in [0.2, 0.25) is 0 Å². The fraction of sp³-hybridized carbons (Fsp3) is 1.00. The molecule has 0 aromatic carbocycles. The van der Waals surface area contributed by atoms with E-state index < -0.39 is 0 Å². The number of rotatable bonds is 12. The molecule has 0 aromatic heterocycles. The number of piperazine rings is 1. The van der Waals surface area contributed by atoms with Crippen LogP contribution >= 0.6 is 0 Å². The van der Waals surface area contributed by atoms with Gasteiger partial charge in [-0.2, -0.15) is 0 Å². The van der Waals surface area contributed by atoms with E-state index in [9.17, 15) is 0 Å². The highest BCUT2D eigenvalue weighted by Crippen LogP contribution is 2.06. The first-order chi connectivity index (χ1) is 11.5. The van der Waals surface area contributed by atoms with E-state index in [4.69, 9.17) is 0 Å². The minimum absolute atomic E-state index is 0.681. The molecular formula is C20H44N4. The molecule has 1 fully saturated rings. The maximum absolute atomic E-state index is 2.66. The van der Waals surface area contributed by atoms with Crippen molar-refractivity contribution in [3.8, 4) is 0 Å². The van der Waals surface area contributed by atoms with Gasteiger partial charge in [-0.3, -0.25) is 0 Å². The van der Waals surface area contributed by atoms with Crippen LogP contribution in [0.5, 0.6) is 0 Å². The molecule has 24 heavy (non-hydrogen) atoms. The molecule has 1 aliphatic rings. The Kier molecular flexibility index (Phi) is 11.2. The molecule has 1 aliphatic heterocycles. The molecule has 0 spiro atoms. The van der Waals surface area contributed by atoms with Crippen LogP contribution in [-0.4, -0.2) is 97.1 Å². The Hall–Kier alpha value is -0.160. The summed E-state index contributed by atoms with van der Waals surface area (Å²) in [6, 6.07) is 1.36. The summed E-state index contributed by atoms with van der Waals surface area (Å²) in [7, 11) is 0. The molecule has 1 rings (SSSR count). The van der Waals surface area contributed by atoms with Gasteiger partial charge in [0.15, 0.2) is 0 Å². The predicted molar refractivity (Wildman–Crippen MR) is 107 cm³/mol. The van der Waals surface area contributed by atoms with Gasteiger partial charge < -0.3 is 19.6 Å². The van der Waals surface area contributed by atoms with E-state index in [2.05, 4.69) is 61.1 Å². The van der Waals surface area contributed by atoms with Gasteiger partial charge in [0.25, 0.3) is 0 Å². The van der Waals surface area contributed by atoms with Crippen molar-refractivity contribution in [3.63, 3.8) is 0 Å². The summed E-state index contributed by atoms with van der Waals surface area (Å²) in [5.41, 5.74) is 0. The largest absolute Gasteiger partial charge is 0.301 e. The van der Waals surface area contributed by atoms with Crippen molar-refractivity contribution in [2.75, 3.05) is 65.4 Å². The minimum Gasteiger partial charge on any atom is -0.301 e. The lowest BCUT2D eigenvalue weighted by Gasteiger charge is -2.36. The van der Waals surface area contributed by atoms with Gasteiger partial charge in [-0.15, -0.1) is 0 Å². The van der Waals surface area contributed by atoms with Crippen molar-refractivity contribution in [1.29, 1.82) is 0 Å². The molecule has 0 atom stereocenters. The third-order valence-electron chi connectivity index (χ3n) is 5.58. The standard InChI is InChI=1S/C20H44N4/c1-7-23(19(3)4)13-9-11-21-15-17-22(18-16-21)12-10-14-24(8-2)20(5)6/h19-20H,7-18H2,1-6H3. The highest BCUT2D eigenvalue weighted by Gasteiger charge is 2.17. The zero-order chi connectivity index (χ0) is 17.9. The number of nitrogens with zero attached hydrogens (tertiary/aromatic N) is 4. The molecule has 0 N–H and O–H groups in total. The molecule has 0 aliphatic carbocycles. The van der Waals surface area contributed by atoms with Crippen molar-refractivity contribution in [2.45, 2.75) is 66.5 Å². The lowest BCUT2D eigenvalue weighted by atomic mass is 10.2. The Bertz CT molecular complexity index is 268. The minimum atomic E-state index is 0.681. The average molecular weight is 341 g/mol. The molecule has 4 nitrogen and oxygen atoms in total. The van der Waals surface area contributed by atoms with E-state index >= 15 is 0 Å². The van der Waals surface area contributed by atoms with Gasteiger partial charge >= 0.3 is 0 Å². The Labute approximate surface area is 152 Å². The molecule has 144 valence electrons. The lowest BCUT2D eigenvalue weighted by Crippen LogP contribution is -2.47. The Balaban J connectivity index is 2.11. The molecule has 4 heteroatoms. The van der Waals surface area contributed by atoms with Crippen LogP contribution in [-0.2, 0) is 0 Å². The highest BCUT2D eigenvalue weighted by molar-refractivity contribution is 4.73. The van der Waals surface area contributed by atoms with E-state index in [0.717, 1.165) is 0 Å². The molecule has 0 aromatic rings. The predicted octanol–water partition coefficient (Wildman–Crippen LogP) is 2.84. The molecule has 0 radical (unpaired) electrons. The molecular weight excluding hydrogens is 296 g/mol. The molecule has 1 heterocycles. The normalized spacial score (nSPS) is 17.8. The smallest absolute Gasteiger partial charge is 0.0110 e. The van der Waals surface area contributed by atoms with E-state index in [1.54, 1.807) is 0 Å². The Morgan fingerprint density at radius 3 is 1.25 bits per heavy atom. The highest BCUT2D eigenvalue weighted by atomic mass is 15.3. The van der Waals surface area contributed by atoms with E-state index in [1.165, 1.54) is 78.3 Å². The van der Waals surface area contributed by atoms with Crippen molar-refractivity contribution in [2.24, 2.45) is 0 Å². The van der Waals surface area contributed by atoms with Gasteiger partial charge in [-0.05, 0) is 79.8 Å². The fourth-order valence-corrected chi connectivity index (χ4v) is 3.79. The second kappa shape index (κ2) is 12.2. The van der Waals surface area contributed by atoms with Crippen LogP contribution < -0.4 is 0 Å². The maximum Gasteiger partial charge on any atom is 0.0110 e. The summed E-state index contributed by atoms with van der Waals surface area (Å²) >= 11 is 0. The van der Waals surface area contributed by atoms with Crippen molar-refractivity contribution < 1.29 is 0 Å². The van der Waals surface area contributed by atoms with Crippen molar-refractivity contribution >= 4 is 0 Å². The van der Waals surface area contributed by atoms with Crippen molar-refractivity contribution in [1.82, 2.24) is 19.6 Å². The molecule has 0 unspecified atom stereocenters. The van der Waals surface area contributed by atoms with Crippen LogP contribution in [0.15, 0.2) is 0 Å². The zero-order valence-corrected chi connectivity index (χ0v) is 17.4. The monoisotopic (exact) mass is 340 g/mol.